The second-order valence-corrected chi connectivity index (χ2v) is 11.3. The molecule has 0 atom stereocenters. The molecule has 1 aliphatic heterocycles. The first-order chi connectivity index (χ1) is 19.9. The van der Waals surface area contributed by atoms with Crippen LogP contribution < -0.4 is 15.2 Å². The van der Waals surface area contributed by atoms with Crippen LogP contribution in [-0.4, -0.2) is 85.9 Å². The monoisotopic (exact) mass is 579 g/mol. The standard InChI is InChI=1S/C32H42N4O4S/c1-5-27-29(11-10-12-30(27)41-4)35-17-20-36(21-18-35,24-40-32(38)34(6-2)7-3)19-8-9-22-39-26-15-13-25-14-16-31(37)33-28(25)23-26/h5,10-16,23H,1,6-9,17-22,24H2,2-4H3/p+1. The molecule has 220 valence electrons. The second-order valence-electron chi connectivity index (χ2n) is 10.4. The maximum atomic E-state index is 12.7. The number of unbranched alkanes of at least 4 members (excludes halogenated alkanes) is 1. The summed E-state index contributed by atoms with van der Waals surface area (Å²) in [5.41, 5.74) is 3.05. The van der Waals surface area contributed by atoms with Gasteiger partial charge in [0.25, 0.3) is 0 Å². The number of piperazine rings is 1. The molecule has 0 saturated carbocycles. The number of hydrogen-bond donors (Lipinski definition) is 1. The Bertz CT molecular complexity index is 1380. The van der Waals surface area contributed by atoms with Gasteiger partial charge >= 0.3 is 6.09 Å². The van der Waals surface area contributed by atoms with Gasteiger partial charge < -0.3 is 24.3 Å². The third-order valence-corrected chi connectivity index (χ3v) is 8.77. The van der Waals surface area contributed by atoms with Crippen molar-refractivity contribution in [2.75, 3.05) is 70.3 Å². The first-order valence-corrected chi connectivity index (χ1v) is 15.7. The highest BCUT2D eigenvalue weighted by Gasteiger charge is 2.35. The molecule has 8 nitrogen and oxygen atoms in total. The Morgan fingerprint density at radius 3 is 2.59 bits per heavy atom. The van der Waals surface area contributed by atoms with E-state index >= 15 is 0 Å². The fourth-order valence-electron chi connectivity index (χ4n) is 5.46. The van der Waals surface area contributed by atoms with Crippen LogP contribution in [0.25, 0.3) is 17.0 Å². The number of carbonyl (C=O) groups is 1. The number of ether oxygens (including phenoxy) is 2. The van der Waals surface area contributed by atoms with Crippen molar-refractivity contribution >= 4 is 40.5 Å². The molecule has 2 heterocycles. The summed E-state index contributed by atoms with van der Waals surface area (Å²) in [5.74, 6) is 0.746. The van der Waals surface area contributed by atoms with E-state index in [2.05, 4.69) is 40.9 Å². The molecule has 3 aromatic rings. The van der Waals surface area contributed by atoms with Gasteiger partial charge in [-0.15, -0.1) is 11.8 Å². The number of rotatable bonds is 13. The first kappa shape index (κ1) is 30.5. The summed E-state index contributed by atoms with van der Waals surface area (Å²) in [5, 5.41) is 0.974. The van der Waals surface area contributed by atoms with Gasteiger partial charge in [0.05, 0.1) is 44.8 Å². The number of amides is 1. The van der Waals surface area contributed by atoms with Crippen LogP contribution >= 0.6 is 11.8 Å². The SMILES string of the molecule is C=Cc1c(SC)cccc1N1CC[N+](CCCCOc2ccc3ccc(=O)[nH]c3c2)(COC(=O)N(CC)CC)CC1. The van der Waals surface area contributed by atoms with Crippen molar-refractivity contribution in [3.8, 4) is 5.75 Å². The van der Waals surface area contributed by atoms with Gasteiger partial charge in [0, 0.05) is 41.4 Å². The molecule has 4 rings (SSSR count). The molecule has 0 bridgehead atoms. The van der Waals surface area contributed by atoms with Gasteiger partial charge in [-0.25, -0.2) is 4.79 Å². The van der Waals surface area contributed by atoms with Gasteiger partial charge in [-0.1, -0.05) is 18.7 Å². The molecule has 2 aromatic carbocycles. The van der Waals surface area contributed by atoms with Crippen molar-refractivity contribution in [2.24, 2.45) is 0 Å². The molecule has 0 spiro atoms. The Morgan fingerprint density at radius 1 is 1.12 bits per heavy atom. The van der Waals surface area contributed by atoms with E-state index in [9.17, 15) is 9.59 Å². The van der Waals surface area contributed by atoms with Gasteiger partial charge in [0.2, 0.25) is 12.3 Å². The summed E-state index contributed by atoms with van der Waals surface area (Å²) in [6.07, 6.45) is 5.64. The lowest BCUT2D eigenvalue weighted by atomic mass is 10.1. The second kappa shape index (κ2) is 14.5. The summed E-state index contributed by atoms with van der Waals surface area (Å²) in [7, 11) is 0. The van der Waals surface area contributed by atoms with E-state index in [0.717, 1.165) is 66.7 Å². The van der Waals surface area contributed by atoms with Crippen molar-refractivity contribution in [2.45, 2.75) is 31.6 Å². The Morgan fingerprint density at radius 2 is 1.88 bits per heavy atom. The number of anilines is 1. The van der Waals surface area contributed by atoms with Gasteiger partial charge in [-0.05, 0) is 68.7 Å². The van der Waals surface area contributed by atoms with Crippen LogP contribution in [0.4, 0.5) is 10.5 Å². The van der Waals surface area contributed by atoms with E-state index in [-0.39, 0.29) is 11.7 Å². The van der Waals surface area contributed by atoms with Crippen molar-refractivity contribution in [1.82, 2.24) is 9.88 Å². The third kappa shape index (κ3) is 7.65. The highest BCUT2D eigenvalue weighted by molar-refractivity contribution is 7.98. The minimum absolute atomic E-state index is 0.122. The number of quaternary nitrogens is 1. The predicted octanol–water partition coefficient (Wildman–Crippen LogP) is 5.82. The lowest BCUT2D eigenvalue weighted by Gasteiger charge is -2.45. The smallest absolute Gasteiger partial charge is 0.414 e. The third-order valence-electron chi connectivity index (χ3n) is 7.97. The number of nitrogens with zero attached hydrogens (tertiary/aromatic N) is 3. The quantitative estimate of drug-likeness (QED) is 0.156. The van der Waals surface area contributed by atoms with Crippen LogP contribution in [0, 0.1) is 0 Å². The number of nitrogens with one attached hydrogen (secondary N) is 1. The van der Waals surface area contributed by atoms with E-state index in [4.69, 9.17) is 9.47 Å². The highest BCUT2D eigenvalue weighted by Crippen LogP contribution is 2.32. The number of H-pyrrole nitrogens is 1. The summed E-state index contributed by atoms with van der Waals surface area (Å²) in [6, 6.07) is 15.5. The summed E-state index contributed by atoms with van der Waals surface area (Å²) < 4.78 is 12.6. The predicted molar refractivity (Wildman–Crippen MR) is 169 cm³/mol. The first-order valence-electron chi connectivity index (χ1n) is 14.5. The van der Waals surface area contributed by atoms with Crippen LogP contribution in [0.2, 0.25) is 0 Å². The van der Waals surface area contributed by atoms with E-state index in [1.165, 1.54) is 22.2 Å². The number of carbonyl (C=O) groups excluding carboxylic acids is 1. The van der Waals surface area contributed by atoms with Crippen molar-refractivity contribution in [1.29, 1.82) is 0 Å². The number of benzene rings is 2. The molecular formula is C32H43N4O4S+. The summed E-state index contributed by atoms with van der Waals surface area (Å²) >= 11 is 1.74. The Balaban J connectivity index is 1.38. The molecule has 1 aromatic heterocycles. The van der Waals surface area contributed by atoms with Gasteiger partial charge in [0.1, 0.15) is 5.75 Å². The molecule has 41 heavy (non-hydrogen) atoms. The molecule has 1 saturated heterocycles. The van der Waals surface area contributed by atoms with Crippen molar-refractivity contribution in [3.05, 3.63) is 71.0 Å². The largest absolute Gasteiger partial charge is 0.494 e. The van der Waals surface area contributed by atoms with E-state index in [0.29, 0.717) is 26.4 Å². The zero-order chi connectivity index (χ0) is 29.2. The van der Waals surface area contributed by atoms with Crippen LogP contribution in [0.15, 0.2) is 64.8 Å². The summed E-state index contributed by atoms with van der Waals surface area (Å²) in [4.78, 5) is 32.6. The van der Waals surface area contributed by atoms with Gasteiger partial charge in [-0.3, -0.25) is 9.28 Å². The Kier molecular flexibility index (Phi) is 10.8. The van der Waals surface area contributed by atoms with Crippen LogP contribution in [0.3, 0.4) is 0 Å². The minimum Gasteiger partial charge on any atom is -0.494 e. The Labute approximate surface area is 247 Å². The number of aromatic nitrogens is 1. The molecular weight excluding hydrogens is 536 g/mol. The molecule has 0 aliphatic carbocycles. The van der Waals surface area contributed by atoms with Gasteiger partial charge in [-0.2, -0.15) is 0 Å². The number of fused-ring (bicyclic) bond motifs is 1. The number of pyridine rings is 1. The lowest BCUT2D eigenvalue weighted by molar-refractivity contribution is -0.944. The zero-order valence-corrected chi connectivity index (χ0v) is 25.4. The molecule has 1 N–H and O–H groups in total. The molecule has 1 aliphatic rings. The maximum Gasteiger partial charge on any atom is 0.414 e. The van der Waals surface area contributed by atoms with Gasteiger partial charge in [0.15, 0.2) is 0 Å². The fraction of sp³-hybridized carbons (Fsp3) is 0.438. The average molecular weight is 580 g/mol. The van der Waals surface area contributed by atoms with Crippen LogP contribution in [0.5, 0.6) is 5.75 Å². The number of thioether (sulfide) groups is 1. The van der Waals surface area contributed by atoms with E-state index < -0.39 is 0 Å². The fourth-order valence-corrected chi connectivity index (χ4v) is 6.08. The maximum absolute atomic E-state index is 12.7. The average Bonchev–Trinajstić information content (AvgIpc) is 3.00. The van der Waals surface area contributed by atoms with Crippen LogP contribution in [0.1, 0.15) is 32.3 Å². The highest BCUT2D eigenvalue weighted by atomic mass is 32.2. The zero-order valence-electron chi connectivity index (χ0n) is 24.6. The number of hydrogen-bond acceptors (Lipinski definition) is 6. The van der Waals surface area contributed by atoms with E-state index in [1.54, 1.807) is 16.7 Å². The topological polar surface area (TPSA) is 74.9 Å². The van der Waals surface area contributed by atoms with Crippen LogP contribution in [-0.2, 0) is 4.74 Å². The minimum atomic E-state index is -0.241. The lowest BCUT2D eigenvalue weighted by Crippen LogP contribution is -2.61. The normalized spacial score (nSPS) is 14.6. The molecule has 1 fully saturated rings. The summed E-state index contributed by atoms with van der Waals surface area (Å²) in [6.45, 7) is 14.7. The molecule has 0 unspecified atom stereocenters. The van der Waals surface area contributed by atoms with E-state index in [1.807, 2.05) is 44.2 Å². The molecule has 0 radical (unpaired) electrons. The van der Waals surface area contributed by atoms with Crippen molar-refractivity contribution in [3.63, 3.8) is 0 Å². The molecule has 9 heteroatoms. The Hall–Kier alpha value is -3.43. The number of aromatic amines is 1. The molecule has 1 amide bonds. The van der Waals surface area contributed by atoms with Crippen molar-refractivity contribution < 1.29 is 18.8 Å².